The molecule has 0 bridgehead atoms. The van der Waals surface area contributed by atoms with Crippen LogP contribution in [0, 0.1) is 13.8 Å². The molecule has 0 aliphatic heterocycles. The van der Waals surface area contributed by atoms with E-state index >= 15 is 0 Å². The Morgan fingerprint density at radius 3 is 2.62 bits per heavy atom. The van der Waals surface area contributed by atoms with Crippen LogP contribution >= 0.6 is 0 Å². The number of hydrogen-bond acceptors (Lipinski definition) is 5. The molecule has 24 heavy (non-hydrogen) atoms. The van der Waals surface area contributed by atoms with Gasteiger partial charge in [-0.2, -0.15) is 0 Å². The molecule has 0 spiro atoms. The molecule has 0 amide bonds. The normalized spacial score (nSPS) is 13.5. The van der Waals surface area contributed by atoms with Crippen molar-refractivity contribution >= 4 is 11.8 Å². The summed E-state index contributed by atoms with van der Waals surface area (Å²) in [7, 11) is 0. The Morgan fingerprint density at radius 1 is 1.33 bits per heavy atom. The molecule has 2 atom stereocenters. The lowest BCUT2D eigenvalue weighted by atomic mass is 10.0. The minimum absolute atomic E-state index is 0.0974. The van der Waals surface area contributed by atoms with Crippen LogP contribution in [0.15, 0.2) is 22.8 Å². The molecule has 0 unspecified atom stereocenters. The molecule has 2 aromatic rings. The minimum Gasteiger partial charge on any atom is -0.468 e. The number of aromatic nitrogens is 1. The Kier molecular flexibility index (Phi) is 5.62. The topological polar surface area (TPSA) is 84.3 Å². The van der Waals surface area contributed by atoms with Crippen LogP contribution in [0.4, 0.5) is 0 Å². The second-order valence-corrected chi connectivity index (χ2v) is 5.84. The van der Waals surface area contributed by atoms with Crippen molar-refractivity contribution < 1.29 is 18.7 Å². The molecule has 0 radical (unpaired) electrons. The Bertz CT molecular complexity index is 716. The molecule has 0 aliphatic carbocycles. The molecule has 2 heterocycles. The highest BCUT2D eigenvalue weighted by Gasteiger charge is 2.26. The van der Waals surface area contributed by atoms with Crippen molar-refractivity contribution in [3.8, 4) is 0 Å². The third-order valence-electron chi connectivity index (χ3n) is 4.03. The summed E-state index contributed by atoms with van der Waals surface area (Å²) in [6.45, 7) is 9.29. The highest BCUT2D eigenvalue weighted by molar-refractivity contribution is 6.03. The van der Waals surface area contributed by atoms with Crippen molar-refractivity contribution in [2.45, 2.75) is 46.7 Å². The zero-order valence-electron chi connectivity index (χ0n) is 14.7. The van der Waals surface area contributed by atoms with Crippen LogP contribution in [0.25, 0.3) is 0 Å². The van der Waals surface area contributed by atoms with E-state index in [1.54, 1.807) is 34.0 Å². The number of aromatic amines is 1. The van der Waals surface area contributed by atoms with Crippen LogP contribution in [0.1, 0.15) is 64.7 Å². The first-order valence-electron chi connectivity index (χ1n) is 8.06. The van der Waals surface area contributed by atoms with Gasteiger partial charge >= 0.3 is 5.97 Å². The molecule has 0 fully saturated rings. The van der Waals surface area contributed by atoms with Crippen LogP contribution in [0.3, 0.4) is 0 Å². The van der Waals surface area contributed by atoms with Gasteiger partial charge in [0, 0.05) is 5.69 Å². The van der Waals surface area contributed by atoms with Gasteiger partial charge in [-0.15, -0.1) is 0 Å². The number of rotatable bonds is 7. The quantitative estimate of drug-likeness (QED) is 0.600. The maximum absolute atomic E-state index is 12.7. The number of ketones is 1. The van der Waals surface area contributed by atoms with E-state index in [9.17, 15) is 9.59 Å². The fraction of sp³-hybridized carbons (Fsp3) is 0.444. The van der Waals surface area contributed by atoms with Gasteiger partial charge in [-0.1, -0.05) is 0 Å². The van der Waals surface area contributed by atoms with Gasteiger partial charge < -0.3 is 14.1 Å². The molecule has 0 aromatic carbocycles. The van der Waals surface area contributed by atoms with Crippen LogP contribution < -0.4 is 5.32 Å². The van der Waals surface area contributed by atoms with Crippen molar-refractivity contribution in [1.29, 1.82) is 0 Å². The zero-order valence-corrected chi connectivity index (χ0v) is 14.7. The summed E-state index contributed by atoms with van der Waals surface area (Å²) >= 11 is 0. The van der Waals surface area contributed by atoms with Crippen molar-refractivity contribution in [3.63, 3.8) is 0 Å². The summed E-state index contributed by atoms with van der Waals surface area (Å²) in [5.41, 5.74) is 2.13. The number of nitrogens with one attached hydrogen (secondary N) is 2. The lowest BCUT2D eigenvalue weighted by Crippen LogP contribution is -2.36. The molecular weight excluding hydrogens is 308 g/mol. The fourth-order valence-electron chi connectivity index (χ4n) is 2.79. The first-order chi connectivity index (χ1) is 11.4. The predicted molar refractivity (Wildman–Crippen MR) is 90.3 cm³/mol. The number of furan rings is 1. The molecule has 6 nitrogen and oxygen atoms in total. The minimum atomic E-state index is -0.433. The third kappa shape index (κ3) is 3.59. The van der Waals surface area contributed by atoms with Gasteiger partial charge in [0.2, 0.25) is 0 Å². The van der Waals surface area contributed by atoms with Crippen LogP contribution in [0.5, 0.6) is 0 Å². The average molecular weight is 332 g/mol. The predicted octanol–water partition coefficient (Wildman–Crippen LogP) is 3.32. The number of ether oxygens (including phenoxy) is 1. The number of H-pyrrole nitrogens is 1. The van der Waals surface area contributed by atoms with E-state index in [0.717, 1.165) is 5.76 Å². The fourth-order valence-corrected chi connectivity index (χ4v) is 2.79. The Morgan fingerprint density at radius 2 is 2.04 bits per heavy atom. The first-order valence-corrected chi connectivity index (χ1v) is 8.06. The number of Topliss-reactive ketones (excluding diaryl/α,β-unsaturated/α-hetero) is 1. The molecule has 2 aromatic heterocycles. The van der Waals surface area contributed by atoms with Gasteiger partial charge in [0.05, 0.1) is 36.2 Å². The van der Waals surface area contributed by atoms with Crippen molar-refractivity contribution in [1.82, 2.24) is 10.3 Å². The van der Waals surface area contributed by atoms with E-state index < -0.39 is 12.0 Å². The lowest BCUT2D eigenvalue weighted by Gasteiger charge is -2.17. The van der Waals surface area contributed by atoms with E-state index in [0.29, 0.717) is 29.1 Å². The summed E-state index contributed by atoms with van der Waals surface area (Å²) < 4.78 is 10.4. The Hall–Kier alpha value is -2.34. The van der Waals surface area contributed by atoms with Gasteiger partial charge in [-0.05, 0) is 52.3 Å². The molecular formula is C18H24N2O4. The van der Waals surface area contributed by atoms with E-state index in [4.69, 9.17) is 9.15 Å². The van der Waals surface area contributed by atoms with Gasteiger partial charge in [-0.25, -0.2) is 4.79 Å². The molecule has 0 saturated carbocycles. The molecule has 130 valence electrons. The van der Waals surface area contributed by atoms with Crippen molar-refractivity contribution in [3.05, 3.63) is 46.7 Å². The Balaban J connectivity index is 2.17. The average Bonchev–Trinajstić information content (AvgIpc) is 3.15. The number of esters is 1. The maximum atomic E-state index is 12.7. The van der Waals surface area contributed by atoms with Crippen molar-refractivity contribution in [2.24, 2.45) is 0 Å². The lowest BCUT2D eigenvalue weighted by molar-refractivity contribution is 0.0525. The molecule has 0 aliphatic rings. The standard InChI is InChI=1S/C18H24N2O4/c1-6-23-18(22)15-10(2)16(20-12(15)4)17(21)13(5)19-11(3)14-8-7-9-24-14/h7-9,11,13,19-20H,6H2,1-5H3/t11-,13-/m0/s1. The molecule has 0 saturated heterocycles. The maximum Gasteiger partial charge on any atom is 0.340 e. The first kappa shape index (κ1) is 18.0. The van der Waals surface area contributed by atoms with Crippen LogP contribution in [0.2, 0.25) is 0 Å². The van der Waals surface area contributed by atoms with Crippen LogP contribution in [-0.4, -0.2) is 29.4 Å². The van der Waals surface area contributed by atoms with E-state index in [-0.39, 0.29) is 11.8 Å². The third-order valence-corrected chi connectivity index (χ3v) is 4.03. The highest BCUT2D eigenvalue weighted by atomic mass is 16.5. The summed E-state index contributed by atoms with van der Waals surface area (Å²) in [5, 5.41) is 3.21. The smallest absolute Gasteiger partial charge is 0.340 e. The summed E-state index contributed by atoms with van der Waals surface area (Å²) in [5.74, 6) is 0.248. The highest BCUT2D eigenvalue weighted by Crippen LogP contribution is 2.21. The van der Waals surface area contributed by atoms with Crippen LogP contribution in [-0.2, 0) is 4.74 Å². The van der Waals surface area contributed by atoms with E-state index in [1.807, 2.05) is 19.1 Å². The van der Waals surface area contributed by atoms with Gasteiger partial charge in [-0.3, -0.25) is 10.1 Å². The monoisotopic (exact) mass is 332 g/mol. The number of aryl methyl sites for hydroxylation is 1. The van der Waals surface area contributed by atoms with E-state index in [2.05, 4.69) is 10.3 Å². The summed E-state index contributed by atoms with van der Waals surface area (Å²) in [4.78, 5) is 27.8. The molecule has 6 heteroatoms. The van der Waals surface area contributed by atoms with Gasteiger partial charge in [0.15, 0.2) is 5.78 Å². The van der Waals surface area contributed by atoms with Crippen molar-refractivity contribution in [2.75, 3.05) is 6.61 Å². The number of hydrogen-bond donors (Lipinski definition) is 2. The summed E-state index contributed by atoms with van der Waals surface area (Å²) in [6.07, 6.45) is 1.60. The SMILES string of the molecule is CCOC(=O)c1c(C)[nH]c(C(=O)[C@H](C)N[C@@H](C)c2ccco2)c1C. The largest absolute Gasteiger partial charge is 0.468 e. The second kappa shape index (κ2) is 7.49. The van der Waals surface area contributed by atoms with Gasteiger partial charge in [0.25, 0.3) is 0 Å². The van der Waals surface area contributed by atoms with Gasteiger partial charge in [0.1, 0.15) is 5.76 Å². The summed E-state index contributed by atoms with van der Waals surface area (Å²) in [6, 6.07) is 3.14. The number of carbonyl (C=O) groups excluding carboxylic acids is 2. The second-order valence-electron chi connectivity index (χ2n) is 5.84. The Labute approximate surface area is 141 Å². The molecule has 2 rings (SSSR count). The number of carbonyl (C=O) groups is 2. The van der Waals surface area contributed by atoms with E-state index in [1.165, 1.54) is 0 Å². The zero-order chi connectivity index (χ0) is 17.9. The molecule has 2 N–H and O–H groups in total.